The number of rotatable bonds is 6. The summed E-state index contributed by atoms with van der Waals surface area (Å²) in [6.45, 7) is 6.33. The molecular weight excluding hydrogens is 268 g/mol. The maximum absolute atomic E-state index is 12.1. The Bertz CT molecular complexity index is 486. The predicted molar refractivity (Wildman–Crippen MR) is 82.1 cm³/mol. The van der Waals surface area contributed by atoms with Gasteiger partial charge >= 0.3 is 6.09 Å². The average molecular weight is 292 g/mol. The SMILES string of the molecule is COC(=O)NC(C(=O)NCCc1cccc(C)c1)C(C)C. The van der Waals surface area contributed by atoms with E-state index in [-0.39, 0.29) is 11.8 Å². The zero-order valence-corrected chi connectivity index (χ0v) is 13.1. The highest BCUT2D eigenvalue weighted by Crippen LogP contribution is 2.05. The molecule has 0 aliphatic heterocycles. The lowest BCUT2D eigenvalue weighted by Crippen LogP contribution is -2.50. The van der Waals surface area contributed by atoms with Gasteiger partial charge in [0.2, 0.25) is 5.91 Å². The topological polar surface area (TPSA) is 67.4 Å². The Kier molecular flexibility index (Phi) is 6.72. The van der Waals surface area contributed by atoms with Crippen LogP contribution in [0.1, 0.15) is 25.0 Å². The van der Waals surface area contributed by atoms with Crippen molar-refractivity contribution in [3.05, 3.63) is 35.4 Å². The zero-order chi connectivity index (χ0) is 15.8. The van der Waals surface area contributed by atoms with E-state index in [1.807, 2.05) is 39.0 Å². The van der Waals surface area contributed by atoms with Gasteiger partial charge < -0.3 is 15.4 Å². The zero-order valence-electron chi connectivity index (χ0n) is 13.1. The second-order valence-corrected chi connectivity index (χ2v) is 5.39. The van der Waals surface area contributed by atoms with Crippen molar-refractivity contribution in [3.63, 3.8) is 0 Å². The number of hydrogen-bond donors (Lipinski definition) is 2. The van der Waals surface area contributed by atoms with Gasteiger partial charge in [-0.25, -0.2) is 4.79 Å². The number of carbonyl (C=O) groups is 2. The lowest BCUT2D eigenvalue weighted by molar-refractivity contribution is -0.124. The van der Waals surface area contributed by atoms with Gasteiger partial charge in [-0.3, -0.25) is 4.79 Å². The average Bonchev–Trinajstić information content (AvgIpc) is 2.44. The summed E-state index contributed by atoms with van der Waals surface area (Å²) in [7, 11) is 1.28. The molecule has 2 N–H and O–H groups in total. The highest BCUT2D eigenvalue weighted by Gasteiger charge is 2.23. The van der Waals surface area contributed by atoms with E-state index in [0.29, 0.717) is 6.54 Å². The van der Waals surface area contributed by atoms with Crippen molar-refractivity contribution in [2.75, 3.05) is 13.7 Å². The van der Waals surface area contributed by atoms with Crippen LogP contribution in [-0.2, 0) is 16.0 Å². The Labute approximate surface area is 126 Å². The highest BCUT2D eigenvalue weighted by molar-refractivity contribution is 5.85. The third-order valence-electron chi connectivity index (χ3n) is 3.20. The largest absolute Gasteiger partial charge is 0.453 e. The molecule has 0 saturated heterocycles. The number of carbonyl (C=O) groups excluding carboxylic acids is 2. The van der Waals surface area contributed by atoms with Gasteiger partial charge in [0.05, 0.1) is 7.11 Å². The molecule has 1 rings (SSSR count). The lowest BCUT2D eigenvalue weighted by Gasteiger charge is -2.20. The quantitative estimate of drug-likeness (QED) is 0.843. The molecule has 0 fully saturated rings. The molecule has 0 radical (unpaired) electrons. The Balaban J connectivity index is 2.48. The number of amides is 2. The maximum atomic E-state index is 12.1. The van der Waals surface area contributed by atoms with Gasteiger partial charge in [-0.15, -0.1) is 0 Å². The summed E-state index contributed by atoms with van der Waals surface area (Å²) in [5, 5.41) is 5.40. The van der Waals surface area contributed by atoms with Crippen LogP contribution >= 0.6 is 0 Å². The molecule has 21 heavy (non-hydrogen) atoms. The van der Waals surface area contributed by atoms with Crippen LogP contribution in [0.2, 0.25) is 0 Å². The summed E-state index contributed by atoms with van der Waals surface area (Å²) in [6, 6.07) is 7.58. The van der Waals surface area contributed by atoms with Crippen LogP contribution in [0.15, 0.2) is 24.3 Å². The van der Waals surface area contributed by atoms with Gasteiger partial charge in [0, 0.05) is 6.54 Å². The van der Waals surface area contributed by atoms with E-state index >= 15 is 0 Å². The van der Waals surface area contributed by atoms with E-state index in [0.717, 1.165) is 6.42 Å². The highest BCUT2D eigenvalue weighted by atomic mass is 16.5. The van der Waals surface area contributed by atoms with Crippen LogP contribution in [0.25, 0.3) is 0 Å². The molecule has 116 valence electrons. The molecule has 0 heterocycles. The van der Waals surface area contributed by atoms with Gasteiger partial charge in [0.15, 0.2) is 0 Å². The summed E-state index contributed by atoms with van der Waals surface area (Å²) in [5.74, 6) is -0.203. The van der Waals surface area contributed by atoms with Crippen molar-refractivity contribution in [1.82, 2.24) is 10.6 Å². The van der Waals surface area contributed by atoms with E-state index in [4.69, 9.17) is 0 Å². The second kappa shape index (κ2) is 8.29. The minimum Gasteiger partial charge on any atom is -0.453 e. The molecule has 1 unspecified atom stereocenters. The normalized spacial score (nSPS) is 11.9. The van der Waals surface area contributed by atoms with Crippen LogP contribution in [0.3, 0.4) is 0 Å². The number of aryl methyl sites for hydroxylation is 1. The van der Waals surface area contributed by atoms with Crippen molar-refractivity contribution in [3.8, 4) is 0 Å². The minimum absolute atomic E-state index is 0.0110. The van der Waals surface area contributed by atoms with Crippen LogP contribution in [0.5, 0.6) is 0 Å². The molecule has 5 heteroatoms. The third-order valence-corrected chi connectivity index (χ3v) is 3.20. The Morgan fingerprint density at radius 2 is 2.00 bits per heavy atom. The number of hydrogen-bond acceptors (Lipinski definition) is 3. The Morgan fingerprint density at radius 3 is 2.57 bits per heavy atom. The molecule has 1 atom stereocenters. The fraction of sp³-hybridized carbons (Fsp3) is 0.500. The van der Waals surface area contributed by atoms with Gasteiger partial charge in [-0.1, -0.05) is 43.7 Å². The van der Waals surface area contributed by atoms with E-state index in [9.17, 15) is 9.59 Å². The molecule has 1 aromatic carbocycles. The fourth-order valence-corrected chi connectivity index (χ4v) is 2.03. The van der Waals surface area contributed by atoms with E-state index < -0.39 is 12.1 Å². The Hall–Kier alpha value is -2.04. The number of ether oxygens (including phenoxy) is 1. The van der Waals surface area contributed by atoms with Crippen LogP contribution < -0.4 is 10.6 Å². The van der Waals surface area contributed by atoms with Crippen molar-refractivity contribution in [1.29, 1.82) is 0 Å². The van der Waals surface area contributed by atoms with Gasteiger partial charge in [-0.2, -0.15) is 0 Å². The first kappa shape index (κ1) is 17.0. The van der Waals surface area contributed by atoms with Gasteiger partial charge in [-0.05, 0) is 24.8 Å². The molecule has 5 nitrogen and oxygen atoms in total. The fourth-order valence-electron chi connectivity index (χ4n) is 2.03. The summed E-state index contributed by atoms with van der Waals surface area (Å²) in [6.07, 6.45) is 0.166. The summed E-state index contributed by atoms with van der Waals surface area (Å²) >= 11 is 0. The van der Waals surface area contributed by atoms with E-state index in [1.165, 1.54) is 18.2 Å². The first-order chi connectivity index (χ1) is 9.93. The second-order valence-electron chi connectivity index (χ2n) is 5.39. The molecule has 2 amide bonds. The Morgan fingerprint density at radius 1 is 1.29 bits per heavy atom. The molecule has 0 bridgehead atoms. The monoisotopic (exact) mass is 292 g/mol. The van der Waals surface area contributed by atoms with Crippen molar-refractivity contribution >= 4 is 12.0 Å². The first-order valence-corrected chi connectivity index (χ1v) is 7.11. The number of benzene rings is 1. The van der Waals surface area contributed by atoms with Crippen LogP contribution in [0, 0.1) is 12.8 Å². The molecule has 0 aliphatic carbocycles. The smallest absolute Gasteiger partial charge is 0.407 e. The van der Waals surface area contributed by atoms with Gasteiger partial charge in [0.1, 0.15) is 6.04 Å². The summed E-state index contributed by atoms with van der Waals surface area (Å²) < 4.78 is 4.54. The summed E-state index contributed by atoms with van der Waals surface area (Å²) in [4.78, 5) is 23.4. The van der Waals surface area contributed by atoms with Crippen molar-refractivity contribution in [2.24, 2.45) is 5.92 Å². The standard InChI is InChI=1S/C16H24N2O3/c1-11(2)14(18-16(20)21-4)15(19)17-9-8-13-7-5-6-12(3)10-13/h5-7,10-11,14H,8-9H2,1-4H3,(H,17,19)(H,18,20). The molecular formula is C16H24N2O3. The maximum Gasteiger partial charge on any atom is 0.407 e. The number of methoxy groups -OCH3 is 1. The lowest BCUT2D eigenvalue weighted by atomic mass is 10.0. The summed E-state index contributed by atoms with van der Waals surface area (Å²) in [5.41, 5.74) is 2.38. The first-order valence-electron chi connectivity index (χ1n) is 7.11. The number of nitrogens with one attached hydrogen (secondary N) is 2. The molecule has 1 aromatic rings. The van der Waals surface area contributed by atoms with Crippen molar-refractivity contribution in [2.45, 2.75) is 33.2 Å². The number of alkyl carbamates (subject to hydrolysis) is 1. The third kappa shape index (κ3) is 5.85. The van der Waals surface area contributed by atoms with E-state index in [2.05, 4.69) is 21.4 Å². The predicted octanol–water partition coefficient (Wildman–Crippen LogP) is 2.03. The van der Waals surface area contributed by atoms with Crippen LogP contribution in [0.4, 0.5) is 4.79 Å². The molecule has 0 aromatic heterocycles. The molecule has 0 aliphatic rings. The van der Waals surface area contributed by atoms with Crippen molar-refractivity contribution < 1.29 is 14.3 Å². The van der Waals surface area contributed by atoms with Gasteiger partial charge in [0.25, 0.3) is 0 Å². The van der Waals surface area contributed by atoms with Crippen LogP contribution in [-0.4, -0.2) is 31.7 Å². The minimum atomic E-state index is -0.595. The van der Waals surface area contributed by atoms with E-state index in [1.54, 1.807) is 0 Å². The molecule has 0 spiro atoms. The molecule has 0 saturated carbocycles.